The highest BCUT2D eigenvalue weighted by atomic mass is 32.2. The zero-order valence-electron chi connectivity index (χ0n) is 12.4. The van der Waals surface area contributed by atoms with Crippen molar-refractivity contribution in [2.24, 2.45) is 11.5 Å². The molecule has 1 aromatic carbocycles. The molecule has 7 N–H and O–H groups in total. The first-order valence-electron chi connectivity index (χ1n) is 6.68. The average Bonchev–Trinajstić information content (AvgIpc) is 2.48. The number of hydrogen-bond acceptors (Lipinski definition) is 5. The molecule has 1 amide bonds. The third-order valence-corrected chi connectivity index (χ3v) is 4.53. The highest BCUT2D eigenvalue weighted by Crippen LogP contribution is 2.22. The monoisotopic (exact) mass is 339 g/mol. The Morgan fingerprint density at radius 1 is 1.18 bits per heavy atom. The van der Waals surface area contributed by atoms with Crippen molar-refractivity contribution in [3.05, 3.63) is 35.4 Å². The van der Waals surface area contributed by atoms with E-state index >= 15 is 0 Å². The highest BCUT2D eigenvalue weighted by molar-refractivity contribution is 8.13. The molecule has 0 fully saturated rings. The van der Waals surface area contributed by atoms with Crippen LogP contribution in [0.15, 0.2) is 24.3 Å². The third-order valence-electron chi connectivity index (χ3n) is 3.00. The van der Waals surface area contributed by atoms with E-state index in [4.69, 9.17) is 22.3 Å². The molecule has 0 radical (unpaired) electrons. The summed E-state index contributed by atoms with van der Waals surface area (Å²) in [7, 11) is 1.60. The van der Waals surface area contributed by atoms with Crippen molar-refractivity contribution in [3.63, 3.8) is 0 Å². The maximum Gasteiger partial charge on any atom is 0.228 e. The van der Waals surface area contributed by atoms with E-state index in [1.54, 1.807) is 7.05 Å². The molecular formula is C14H21N5OS2. The summed E-state index contributed by atoms with van der Waals surface area (Å²) in [6.45, 7) is 0. The van der Waals surface area contributed by atoms with Gasteiger partial charge >= 0.3 is 0 Å². The number of thioether (sulfide) groups is 2. The molecule has 22 heavy (non-hydrogen) atoms. The van der Waals surface area contributed by atoms with Crippen LogP contribution >= 0.6 is 23.5 Å². The molecule has 0 aliphatic heterocycles. The maximum absolute atomic E-state index is 12.0. The largest absolute Gasteiger partial charge is 0.379 e. The van der Waals surface area contributed by atoms with Gasteiger partial charge in [-0.25, -0.2) is 0 Å². The molecule has 6 nitrogen and oxygen atoms in total. The van der Waals surface area contributed by atoms with Gasteiger partial charge in [0.2, 0.25) is 5.91 Å². The van der Waals surface area contributed by atoms with E-state index < -0.39 is 0 Å². The lowest BCUT2D eigenvalue weighted by Crippen LogP contribution is -2.28. The van der Waals surface area contributed by atoms with E-state index in [2.05, 4.69) is 5.32 Å². The second-order valence-corrected chi connectivity index (χ2v) is 6.74. The summed E-state index contributed by atoms with van der Waals surface area (Å²) in [6.07, 6.45) is 0.817. The Bertz CT molecular complexity index is 533. The molecule has 0 bridgehead atoms. The van der Waals surface area contributed by atoms with Gasteiger partial charge in [0.25, 0.3) is 0 Å². The van der Waals surface area contributed by atoms with Gasteiger partial charge in [0, 0.05) is 18.6 Å². The number of carbonyl (C=O) groups is 1. The Hall–Kier alpha value is -1.67. The summed E-state index contributed by atoms with van der Waals surface area (Å²) < 4.78 is 0. The number of amidine groups is 2. The molecule has 0 aliphatic carbocycles. The standard InChI is InChI=1S/C14H21N5OS2/c1-19-12(20)11(8-22-14(17)18)10-4-2-9(3-5-10)6-7-21-13(15)16/h2-5,11H,6-8H2,1H3,(H3,15,16)(H3,17,18)(H,19,20)/t11-/m0/s1. The summed E-state index contributed by atoms with van der Waals surface area (Å²) in [5.41, 5.74) is 12.7. The van der Waals surface area contributed by atoms with Crippen molar-refractivity contribution < 1.29 is 4.79 Å². The zero-order chi connectivity index (χ0) is 16.5. The van der Waals surface area contributed by atoms with Crippen LogP contribution in [0, 0.1) is 10.8 Å². The molecule has 0 saturated carbocycles. The predicted octanol–water partition coefficient (Wildman–Crippen LogP) is 1.31. The fourth-order valence-electron chi connectivity index (χ4n) is 1.87. The molecule has 0 spiro atoms. The lowest BCUT2D eigenvalue weighted by Gasteiger charge is -2.15. The fourth-order valence-corrected chi connectivity index (χ4v) is 3.11. The number of nitrogens with two attached hydrogens (primary N) is 2. The second kappa shape index (κ2) is 9.37. The van der Waals surface area contributed by atoms with Crippen LogP contribution in [-0.2, 0) is 11.2 Å². The van der Waals surface area contributed by atoms with Crippen LogP contribution in [0.25, 0.3) is 0 Å². The van der Waals surface area contributed by atoms with Crippen molar-refractivity contribution >= 4 is 39.8 Å². The Kier molecular flexibility index (Phi) is 7.83. The van der Waals surface area contributed by atoms with Crippen LogP contribution in [0.5, 0.6) is 0 Å². The van der Waals surface area contributed by atoms with Crippen LogP contribution < -0.4 is 16.8 Å². The molecule has 0 aliphatic rings. The van der Waals surface area contributed by atoms with Gasteiger partial charge in [0.15, 0.2) is 10.3 Å². The van der Waals surface area contributed by atoms with Crippen LogP contribution in [0.1, 0.15) is 17.0 Å². The van der Waals surface area contributed by atoms with Crippen molar-refractivity contribution in [1.82, 2.24) is 5.32 Å². The number of carbonyl (C=O) groups excluding carboxylic acids is 1. The third kappa shape index (κ3) is 6.40. The van der Waals surface area contributed by atoms with E-state index in [1.165, 1.54) is 11.8 Å². The average molecular weight is 339 g/mol. The van der Waals surface area contributed by atoms with Crippen molar-refractivity contribution in [1.29, 1.82) is 10.8 Å². The number of nitrogens with one attached hydrogen (secondary N) is 3. The summed E-state index contributed by atoms with van der Waals surface area (Å²) >= 11 is 2.47. The molecular weight excluding hydrogens is 318 g/mol. The lowest BCUT2D eigenvalue weighted by molar-refractivity contribution is -0.121. The van der Waals surface area contributed by atoms with E-state index in [1.807, 2.05) is 24.3 Å². The van der Waals surface area contributed by atoms with Gasteiger partial charge in [-0.3, -0.25) is 15.6 Å². The molecule has 1 rings (SSSR count). The van der Waals surface area contributed by atoms with Gasteiger partial charge in [-0.2, -0.15) is 0 Å². The Morgan fingerprint density at radius 3 is 2.27 bits per heavy atom. The molecule has 0 saturated heterocycles. The fraction of sp³-hybridized carbons (Fsp3) is 0.357. The van der Waals surface area contributed by atoms with Crippen LogP contribution in [-0.4, -0.2) is 34.8 Å². The highest BCUT2D eigenvalue weighted by Gasteiger charge is 2.20. The number of rotatable bonds is 7. The quantitative estimate of drug-likeness (QED) is 0.378. The number of amides is 1. The molecule has 0 aromatic heterocycles. The second-order valence-electron chi connectivity index (χ2n) is 4.55. The maximum atomic E-state index is 12.0. The van der Waals surface area contributed by atoms with Gasteiger partial charge in [0.1, 0.15) is 0 Å². The molecule has 0 unspecified atom stereocenters. The zero-order valence-corrected chi connectivity index (χ0v) is 14.0. The molecule has 120 valence electrons. The Morgan fingerprint density at radius 2 is 1.77 bits per heavy atom. The summed E-state index contributed by atoms with van der Waals surface area (Å²) in [5.74, 6) is 0.774. The van der Waals surface area contributed by atoms with Crippen LogP contribution in [0.4, 0.5) is 0 Å². The van der Waals surface area contributed by atoms with Crippen LogP contribution in [0.3, 0.4) is 0 Å². The molecule has 8 heteroatoms. The summed E-state index contributed by atoms with van der Waals surface area (Å²) in [6, 6.07) is 7.80. The van der Waals surface area contributed by atoms with E-state index in [-0.39, 0.29) is 22.2 Å². The molecule has 1 aromatic rings. The Balaban J connectivity index is 2.72. The van der Waals surface area contributed by atoms with E-state index in [9.17, 15) is 4.79 Å². The normalized spacial score (nSPS) is 11.7. The first kappa shape index (κ1) is 18.4. The lowest BCUT2D eigenvalue weighted by atomic mass is 9.98. The summed E-state index contributed by atoms with van der Waals surface area (Å²) in [4.78, 5) is 12.0. The van der Waals surface area contributed by atoms with Gasteiger partial charge in [-0.1, -0.05) is 47.8 Å². The SMILES string of the molecule is CNC(=O)[C@@H](CSC(=N)N)c1ccc(CCSC(=N)N)cc1. The Labute approximate surface area is 138 Å². The minimum Gasteiger partial charge on any atom is -0.379 e. The van der Waals surface area contributed by atoms with Gasteiger partial charge in [-0.05, 0) is 17.5 Å². The first-order valence-corrected chi connectivity index (χ1v) is 8.65. The minimum atomic E-state index is -0.334. The summed E-state index contributed by atoms with van der Waals surface area (Å²) in [5, 5.41) is 17.2. The van der Waals surface area contributed by atoms with Crippen molar-refractivity contribution in [2.45, 2.75) is 12.3 Å². The number of aryl methyl sites for hydroxylation is 1. The van der Waals surface area contributed by atoms with E-state index in [0.29, 0.717) is 5.75 Å². The molecule has 1 atom stereocenters. The van der Waals surface area contributed by atoms with Gasteiger partial charge < -0.3 is 16.8 Å². The molecule has 0 heterocycles. The number of benzene rings is 1. The smallest absolute Gasteiger partial charge is 0.228 e. The number of hydrogen-bond donors (Lipinski definition) is 5. The van der Waals surface area contributed by atoms with Crippen molar-refractivity contribution in [2.75, 3.05) is 18.6 Å². The van der Waals surface area contributed by atoms with Gasteiger partial charge in [0.05, 0.1) is 5.92 Å². The van der Waals surface area contributed by atoms with Crippen LogP contribution in [0.2, 0.25) is 0 Å². The topological polar surface area (TPSA) is 129 Å². The predicted molar refractivity (Wildman–Crippen MR) is 95.7 cm³/mol. The van der Waals surface area contributed by atoms with Gasteiger partial charge in [-0.15, -0.1) is 0 Å². The number of likely N-dealkylation sites (N-methyl/N-ethyl adjacent to an activating group) is 1. The first-order chi connectivity index (χ1) is 10.4. The van der Waals surface area contributed by atoms with Crippen molar-refractivity contribution in [3.8, 4) is 0 Å². The minimum absolute atomic E-state index is 0.00628. The van der Waals surface area contributed by atoms with E-state index in [0.717, 1.165) is 35.1 Å².